The molecule has 0 aliphatic carbocycles. The van der Waals surface area contributed by atoms with E-state index in [-0.39, 0.29) is 0 Å². The quantitative estimate of drug-likeness (QED) is 0.445. The molecule has 0 aliphatic heterocycles. The lowest BCUT2D eigenvalue weighted by Crippen LogP contribution is -1.95. The fourth-order valence-corrected chi connectivity index (χ4v) is 3.64. The molecule has 0 saturated heterocycles. The molecule has 130 valence electrons. The van der Waals surface area contributed by atoms with Gasteiger partial charge in [0.05, 0.1) is 11.4 Å². The first kappa shape index (κ1) is 16.9. The van der Waals surface area contributed by atoms with Crippen molar-refractivity contribution in [1.29, 1.82) is 0 Å². The summed E-state index contributed by atoms with van der Waals surface area (Å²) in [5, 5.41) is 9.67. The molecule has 0 fully saturated rings. The second-order valence-electron chi connectivity index (χ2n) is 5.64. The third-order valence-corrected chi connectivity index (χ3v) is 5.04. The van der Waals surface area contributed by atoms with Crippen LogP contribution in [0.3, 0.4) is 0 Å². The highest BCUT2D eigenvalue weighted by atomic mass is 35.5. The number of thioether (sulfide) groups is 1. The van der Waals surface area contributed by atoms with Gasteiger partial charge in [-0.25, -0.2) is 4.98 Å². The van der Waals surface area contributed by atoms with Crippen LogP contribution >= 0.6 is 23.4 Å². The fourth-order valence-electron chi connectivity index (χ4n) is 2.52. The first-order valence-electron chi connectivity index (χ1n) is 8.01. The Bertz CT molecular complexity index is 1030. The molecule has 4 rings (SSSR count). The summed E-state index contributed by atoms with van der Waals surface area (Å²) in [6.07, 6.45) is 1.68. The standard InChI is InChI=1S/C19H15ClN4OS/c1-13-17(22-18(25-13)14-6-3-2-4-7-14)11-26-19-23-21-12-24(19)16-9-5-8-15(20)10-16/h2-10,12H,11H2,1H3. The molecule has 0 saturated carbocycles. The van der Waals surface area contributed by atoms with Crippen LogP contribution in [0, 0.1) is 6.92 Å². The van der Waals surface area contributed by atoms with Crippen LogP contribution in [-0.2, 0) is 5.75 Å². The molecular formula is C19H15ClN4OS. The molecule has 2 aromatic heterocycles. The molecule has 26 heavy (non-hydrogen) atoms. The predicted molar refractivity (Wildman–Crippen MR) is 103 cm³/mol. The number of hydrogen-bond acceptors (Lipinski definition) is 5. The molecule has 0 radical (unpaired) electrons. The summed E-state index contributed by atoms with van der Waals surface area (Å²) in [6.45, 7) is 1.93. The molecule has 7 heteroatoms. The summed E-state index contributed by atoms with van der Waals surface area (Å²) >= 11 is 7.64. The van der Waals surface area contributed by atoms with Crippen molar-refractivity contribution >= 4 is 23.4 Å². The van der Waals surface area contributed by atoms with E-state index in [0.29, 0.717) is 16.7 Å². The van der Waals surface area contributed by atoms with Gasteiger partial charge in [0.2, 0.25) is 5.89 Å². The lowest BCUT2D eigenvalue weighted by Gasteiger charge is -2.05. The SMILES string of the molecule is Cc1oc(-c2ccccc2)nc1CSc1nncn1-c1cccc(Cl)c1. The zero-order valence-electron chi connectivity index (χ0n) is 14.0. The topological polar surface area (TPSA) is 56.7 Å². The minimum atomic E-state index is 0.634. The van der Waals surface area contributed by atoms with Crippen molar-refractivity contribution in [3.63, 3.8) is 0 Å². The molecule has 5 nitrogen and oxygen atoms in total. The number of hydrogen-bond donors (Lipinski definition) is 0. The molecule has 4 aromatic rings. The van der Waals surface area contributed by atoms with Gasteiger partial charge in [-0.3, -0.25) is 4.57 Å². The molecule has 0 spiro atoms. The summed E-state index contributed by atoms with van der Waals surface area (Å²) in [6, 6.07) is 17.5. The fraction of sp³-hybridized carbons (Fsp3) is 0.105. The second kappa shape index (κ2) is 7.35. The Hall–Kier alpha value is -2.57. The van der Waals surface area contributed by atoms with Gasteiger partial charge in [-0.1, -0.05) is 47.6 Å². The number of oxazole rings is 1. The van der Waals surface area contributed by atoms with Crippen molar-refractivity contribution < 1.29 is 4.42 Å². The van der Waals surface area contributed by atoms with E-state index in [1.54, 1.807) is 18.1 Å². The summed E-state index contributed by atoms with van der Waals surface area (Å²) in [5.74, 6) is 2.08. The number of nitrogens with zero attached hydrogens (tertiary/aromatic N) is 4. The molecular weight excluding hydrogens is 368 g/mol. The smallest absolute Gasteiger partial charge is 0.226 e. The van der Waals surface area contributed by atoms with E-state index in [0.717, 1.165) is 27.9 Å². The minimum Gasteiger partial charge on any atom is -0.441 e. The van der Waals surface area contributed by atoms with Crippen LogP contribution in [0.25, 0.3) is 17.1 Å². The maximum atomic E-state index is 6.09. The van der Waals surface area contributed by atoms with E-state index in [4.69, 9.17) is 16.0 Å². The van der Waals surface area contributed by atoms with E-state index in [2.05, 4.69) is 15.2 Å². The van der Waals surface area contributed by atoms with Crippen molar-refractivity contribution in [1.82, 2.24) is 19.7 Å². The predicted octanol–water partition coefficient (Wildman–Crippen LogP) is 5.18. The van der Waals surface area contributed by atoms with Crippen molar-refractivity contribution in [3.05, 3.63) is 77.4 Å². The number of rotatable bonds is 5. The largest absolute Gasteiger partial charge is 0.441 e. The molecule has 0 amide bonds. The third kappa shape index (κ3) is 3.52. The van der Waals surface area contributed by atoms with Crippen LogP contribution in [0.1, 0.15) is 11.5 Å². The normalized spacial score (nSPS) is 11.0. The van der Waals surface area contributed by atoms with Crippen molar-refractivity contribution in [3.8, 4) is 17.1 Å². The Morgan fingerprint density at radius 2 is 1.96 bits per heavy atom. The number of halogens is 1. The van der Waals surface area contributed by atoms with Crippen LogP contribution in [0.15, 0.2) is 70.5 Å². The van der Waals surface area contributed by atoms with Gasteiger partial charge in [0, 0.05) is 16.3 Å². The lowest BCUT2D eigenvalue weighted by atomic mass is 10.2. The summed E-state index contributed by atoms with van der Waals surface area (Å²) in [4.78, 5) is 4.63. The van der Waals surface area contributed by atoms with E-state index < -0.39 is 0 Å². The average Bonchev–Trinajstić information content (AvgIpc) is 3.27. The molecule has 0 bridgehead atoms. The average molecular weight is 383 g/mol. The van der Waals surface area contributed by atoms with Crippen molar-refractivity contribution in [2.45, 2.75) is 17.8 Å². The van der Waals surface area contributed by atoms with Crippen LogP contribution in [-0.4, -0.2) is 19.7 Å². The van der Waals surface area contributed by atoms with Crippen molar-refractivity contribution in [2.24, 2.45) is 0 Å². The molecule has 2 heterocycles. The monoisotopic (exact) mass is 382 g/mol. The Balaban J connectivity index is 1.54. The van der Waals surface area contributed by atoms with Crippen LogP contribution in [0.5, 0.6) is 0 Å². The van der Waals surface area contributed by atoms with Crippen LogP contribution in [0.2, 0.25) is 5.02 Å². The number of benzene rings is 2. The van der Waals surface area contributed by atoms with Crippen LogP contribution in [0.4, 0.5) is 0 Å². The highest BCUT2D eigenvalue weighted by Crippen LogP contribution is 2.28. The molecule has 0 N–H and O–H groups in total. The second-order valence-corrected chi connectivity index (χ2v) is 7.02. The van der Waals surface area contributed by atoms with E-state index in [9.17, 15) is 0 Å². The lowest BCUT2D eigenvalue weighted by molar-refractivity contribution is 0.540. The number of aromatic nitrogens is 4. The minimum absolute atomic E-state index is 0.634. The summed E-state index contributed by atoms with van der Waals surface area (Å²) in [7, 11) is 0. The molecule has 0 unspecified atom stereocenters. The molecule has 0 atom stereocenters. The third-order valence-electron chi connectivity index (χ3n) is 3.85. The maximum Gasteiger partial charge on any atom is 0.226 e. The van der Waals surface area contributed by atoms with Gasteiger partial charge in [-0.15, -0.1) is 10.2 Å². The van der Waals surface area contributed by atoms with E-state index in [1.165, 1.54) is 0 Å². The number of aryl methyl sites for hydroxylation is 1. The Kier molecular flexibility index (Phi) is 4.77. The maximum absolute atomic E-state index is 6.09. The summed E-state index contributed by atoms with van der Waals surface area (Å²) < 4.78 is 7.72. The Labute approximate surface area is 160 Å². The zero-order valence-corrected chi connectivity index (χ0v) is 15.5. The van der Waals surface area contributed by atoms with Gasteiger partial charge >= 0.3 is 0 Å². The van der Waals surface area contributed by atoms with Gasteiger partial charge in [0.15, 0.2) is 5.16 Å². The van der Waals surface area contributed by atoms with Gasteiger partial charge in [0.25, 0.3) is 0 Å². The zero-order chi connectivity index (χ0) is 17.9. The first-order valence-corrected chi connectivity index (χ1v) is 9.37. The summed E-state index contributed by atoms with van der Waals surface area (Å²) in [5.41, 5.74) is 2.79. The van der Waals surface area contributed by atoms with Gasteiger partial charge < -0.3 is 4.42 Å². The Morgan fingerprint density at radius 1 is 1.12 bits per heavy atom. The van der Waals surface area contributed by atoms with E-state index >= 15 is 0 Å². The van der Waals surface area contributed by atoms with Crippen LogP contribution < -0.4 is 0 Å². The van der Waals surface area contributed by atoms with Gasteiger partial charge in [-0.05, 0) is 37.3 Å². The van der Waals surface area contributed by atoms with E-state index in [1.807, 2.05) is 66.1 Å². The van der Waals surface area contributed by atoms with Gasteiger partial charge in [0.1, 0.15) is 12.1 Å². The molecule has 0 aliphatic rings. The Morgan fingerprint density at radius 3 is 2.77 bits per heavy atom. The molecule has 2 aromatic carbocycles. The highest BCUT2D eigenvalue weighted by Gasteiger charge is 2.14. The first-order chi connectivity index (χ1) is 12.7. The van der Waals surface area contributed by atoms with Crippen molar-refractivity contribution in [2.75, 3.05) is 0 Å². The highest BCUT2D eigenvalue weighted by molar-refractivity contribution is 7.98. The van der Waals surface area contributed by atoms with Gasteiger partial charge in [-0.2, -0.15) is 0 Å².